The SMILES string of the molecule is COc1ccc(-n2cc[nH]c(=S)c2=O)cc1Cl. The van der Waals surface area contributed by atoms with Crippen LogP contribution in [-0.2, 0) is 0 Å². The fourth-order valence-corrected chi connectivity index (χ4v) is 1.85. The van der Waals surface area contributed by atoms with Crippen molar-refractivity contribution in [2.75, 3.05) is 7.11 Å². The molecule has 0 amide bonds. The summed E-state index contributed by atoms with van der Waals surface area (Å²) >= 11 is 10.9. The van der Waals surface area contributed by atoms with Gasteiger partial charge in [-0.3, -0.25) is 9.36 Å². The van der Waals surface area contributed by atoms with Crippen molar-refractivity contribution in [3.05, 3.63) is 50.6 Å². The fourth-order valence-electron chi connectivity index (χ4n) is 1.43. The van der Waals surface area contributed by atoms with Crippen LogP contribution in [0.2, 0.25) is 5.02 Å². The number of halogens is 1. The van der Waals surface area contributed by atoms with Crippen LogP contribution >= 0.6 is 23.8 Å². The van der Waals surface area contributed by atoms with Crippen LogP contribution in [0.4, 0.5) is 0 Å². The first-order valence-electron chi connectivity index (χ1n) is 4.78. The molecule has 2 aromatic rings. The smallest absolute Gasteiger partial charge is 0.290 e. The summed E-state index contributed by atoms with van der Waals surface area (Å²) in [7, 11) is 1.53. The molecular formula is C11H9ClN2O2S. The maximum atomic E-state index is 11.8. The van der Waals surface area contributed by atoms with Crippen LogP contribution in [0.5, 0.6) is 5.75 Å². The number of methoxy groups -OCH3 is 1. The summed E-state index contributed by atoms with van der Waals surface area (Å²) in [6, 6.07) is 5.08. The summed E-state index contributed by atoms with van der Waals surface area (Å²) in [5, 5.41) is 0.440. The molecule has 6 heteroatoms. The van der Waals surface area contributed by atoms with E-state index in [-0.39, 0.29) is 10.2 Å². The number of rotatable bonds is 2. The topological polar surface area (TPSA) is 47.0 Å². The Morgan fingerprint density at radius 1 is 1.47 bits per heavy atom. The Balaban J connectivity index is 2.62. The van der Waals surface area contributed by atoms with E-state index in [4.69, 9.17) is 28.6 Å². The quantitative estimate of drug-likeness (QED) is 0.852. The maximum Gasteiger partial charge on any atom is 0.290 e. The van der Waals surface area contributed by atoms with Gasteiger partial charge in [0.05, 0.1) is 17.8 Å². The largest absolute Gasteiger partial charge is 0.495 e. The van der Waals surface area contributed by atoms with Crippen LogP contribution in [0, 0.1) is 4.64 Å². The normalized spacial score (nSPS) is 10.2. The van der Waals surface area contributed by atoms with Crippen molar-refractivity contribution < 1.29 is 4.74 Å². The lowest BCUT2D eigenvalue weighted by Crippen LogP contribution is -2.18. The highest BCUT2D eigenvalue weighted by Gasteiger charge is 2.05. The van der Waals surface area contributed by atoms with E-state index in [0.717, 1.165) is 0 Å². The molecule has 17 heavy (non-hydrogen) atoms. The number of H-pyrrole nitrogens is 1. The molecule has 2 rings (SSSR count). The summed E-state index contributed by atoms with van der Waals surface area (Å²) in [5.41, 5.74) is 0.352. The summed E-state index contributed by atoms with van der Waals surface area (Å²) in [5.74, 6) is 0.560. The maximum absolute atomic E-state index is 11.8. The molecule has 0 bridgehead atoms. The zero-order valence-corrected chi connectivity index (χ0v) is 10.5. The van der Waals surface area contributed by atoms with Gasteiger partial charge >= 0.3 is 0 Å². The molecule has 1 heterocycles. The van der Waals surface area contributed by atoms with Crippen LogP contribution < -0.4 is 10.3 Å². The van der Waals surface area contributed by atoms with Crippen LogP contribution in [0.25, 0.3) is 5.69 Å². The summed E-state index contributed by atoms with van der Waals surface area (Å²) in [4.78, 5) is 14.5. The number of benzene rings is 1. The number of aromatic nitrogens is 2. The standard InChI is InChI=1S/C11H9ClN2O2S/c1-16-9-3-2-7(6-8(9)12)14-5-4-13-10(17)11(14)15/h2-6H,1H3,(H,13,17). The van der Waals surface area contributed by atoms with Crippen molar-refractivity contribution in [2.45, 2.75) is 0 Å². The lowest BCUT2D eigenvalue weighted by Gasteiger charge is -2.08. The molecule has 0 radical (unpaired) electrons. The second kappa shape index (κ2) is 4.73. The van der Waals surface area contributed by atoms with E-state index in [9.17, 15) is 4.79 Å². The highest BCUT2D eigenvalue weighted by molar-refractivity contribution is 7.71. The number of hydrogen-bond acceptors (Lipinski definition) is 3. The average Bonchev–Trinajstić information content (AvgIpc) is 2.32. The molecule has 0 atom stereocenters. The Bertz CT molecular complexity index is 663. The molecule has 0 aliphatic heterocycles. The van der Waals surface area contributed by atoms with Gasteiger partial charge in [-0.1, -0.05) is 23.8 Å². The Hall–Kier alpha value is -1.59. The third kappa shape index (κ3) is 2.25. The Morgan fingerprint density at radius 2 is 2.24 bits per heavy atom. The first-order valence-corrected chi connectivity index (χ1v) is 5.56. The predicted octanol–water partition coefficient (Wildman–Crippen LogP) is 2.56. The highest BCUT2D eigenvalue weighted by Crippen LogP contribution is 2.25. The van der Waals surface area contributed by atoms with Crippen molar-refractivity contribution in [3.8, 4) is 11.4 Å². The van der Waals surface area contributed by atoms with Gasteiger partial charge in [0, 0.05) is 12.4 Å². The molecule has 4 nitrogen and oxygen atoms in total. The molecule has 0 saturated heterocycles. The molecular weight excluding hydrogens is 260 g/mol. The van der Waals surface area contributed by atoms with E-state index >= 15 is 0 Å². The van der Waals surface area contributed by atoms with Gasteiger partial charge in [0.15, 0.2) is 4.64 Å². The minimum absolute atomic E-state index is 0.152. The van der Waals surface area contributed by atoms with Crippen molar-refractivity contribution in [1.82, 2.24) is 9.55 Å². The van der Waals surface area contributed by atoms with Crippen molar-refractivity contribution in [3.63, 3.8) is 0 Å². The van der Waals surface area contributed by atoms with E-state index in [0.29, 0.717) is 16.5 Å². The minimum atomic E-state index is -0.288. The predicted molar refractivity (Wildman–Crippen MR) is 68.8 cm³/mol. The van der Waals surface area contributed by atoms with Crippen LogP contribution in [0.3, 0.4) is 0 Å². The molecule has 0 aliphatic carbocycles. The van der Waals surface area contributed by atoms with E-state index in [2.05, 4.69) is 4.98 Å². The minimum Gasteiger partial charge on any atom is -0.495 e. The van der Waals surface area contributed by atoms with Gasteiger partial charge in [-0.2, -0.15) is 0 Å². The number of nitrogens with one attached hydrogen (secondary N) is 1. The fraction of sp³-hybridized carbons (Fsp3) is 0.0909. The van der Waals surface area contributed by atoms with Crippen LogP contribution in [-0.4, -0.2) is 16.7 Å². The third-order valence-electron chi connectivity index (χ3n) is 2.26. The second-order valence-corrected chi connectivity index (χ2v) is 4.10. The van der Waals surface area contributed by atoms with Gasteiger partial charge in [-0.25, -0.2) is 0 Å². The highest BCUT2D eigenvalue weighted by atomic mass is 35.5. The van der Waals surface area contributed by atoms with Gasteiger partial charge in [0.1, 0.15) is 5.75 Å². The van der Waals surface area contributed by atoms with E-state index in [1.54, 1.807) is 30.6 Å². The van der Waals surface area contributed by atoms with Gasteiger partial charge in [-0.15, -0.1) is 0 Å². The molecule has 1 aromatic carbocycles. The van der Waals surface area contributed by atoms with Crippen molar-refractivity contribution in [2.24, 2.45) is 0 Å². The first-order chi connectivity index (χ1) is 8.13. The molecule has 0 saturated carbocycles. The third-order valence-corrected chi connectivity index (χ3v) is 2.85. The van der Waals surface area contributed by atoms with E-state index in [1.807, 2.05) is 0 Å². The number of nitrogens with zero attached hydrogens (tertiary/aromatic N) is 1. The van der Waals surface area contributed by atoms with Gasteiger partial charge in [0.2, 0.25) is 0 Å². The van der Waals surface area contributed by atoms with Crippen molar-refractivity contribution >= 4 is 23.8 Å². The summed E-state index contributed by atoms with van der Waals surface area (Å²) < 4.78 is 6.62. The monoisotopic (exact) mass is 268 g/mol. The van der Waals surface area contributed by atoms with Crippen LogP contribution in [0.1, 0.15) is 0 Å². The average molecular weight is 269 g/mol. The molecule has 0 aliphatic rings. The van der Waals surface area contributed by atoms with Gasteiger partial charge in [-0.05, 0) is 18.2 Å². The lowest BCUT2D eigenvalue weighted by atomic mass is 10.3. The number of ether oxygens (including phenoxy) is 1. The van der Waals surface area contributed by atoms with E-state index < -0.39 is 0 Å². The molecule has 0 unspecified atom stereocenters. The first kappa shape index (κ1) is 11.9. The van der Waals surface area contributed by atoms with Crippen LogP contribution in [0.15, 0.2) is 35.4 Å². The Labute approximate surface area is 107 Å². The van der Waals surface area contributed by atoms with Gasteiger partial charge < -0.3 is 9.72 Å². The zero-order chi connectivity index (χ0) is 12.4. The van der Waals surface area contributed by atoms with Crippen molar-refractivity contribution in [1.29, 1.82) is 0 Å². The Kier molecular flexibility index (Phi) is 3.31. The second-order valence-electron chi connectivity index (χ2n) is 3.28. The molecule has 1 aromatic heterocycles. The number of hydrogen-bond donors (Lipinski definition) is 1. The molecule has 0 fully saturated rings. The van der Waals surface area contributed by atoms with Gasteiger partial charge in [0.25, 0.3) is 5.56 Å². The Morgan fingerprint density at radius 3 is 2.88 bits per heavy atom. The zero-order valence-electron chi connectivity index (χ0n) is 8.94. The number of aromatic amines is 1. The lowest BCUT2D eigenvalue weighted by molar-refractivity contribution is 0.415. The summed E-state index contributed by atoms with van der Waals surface area (Å²) in [6.07, 6.45) is 3.19. The molecule has 1 N–H and O–H groups in total. The van der Waals surface area contributed by atoms with E-state index in [1.165, 1.54) is 11.7 Å². The molecule has 0 spiro atoms. The molecule has 88 valence electrons. The summed E-state index contributed by atoms with van der Waals surface area (Å²) in [6.45, 7) is 0.